The average molecular weight is 517 g/mol. The van der Waals surface area contributed by atoms with Crippen LogP contribution in [0.1, 0.15) is 26.7 Å². The van der Waals surface area contributed by atoms with Crippen LogP contribution in [0.5, 0.6) is 11.5 Å². The van der Waals surface area contributed by atoms with Crippen molar-refractivity contribution in [3.63, 3.8) is 0 Å². The van der Waals surface area contributed by atoms with Gasteiger partial charge in [0.05, 0.1) is 6.04 Å². The molecule has 8 heteroatoms. The van der Waals surface area contributed by atoms with E-state index in [0.717, 1.165) is 43.8 Å². The van der Waals surface area contributed by atoms with E-state index in [1.54, 1.807) is 12.1 Å². The molecule has 2 atom stereocenters. The molecule has 3 amide bonds. The summed E-state index contributed by atoms with van der Waals surface area (Å²) in [6.07, 6.45) is 2.41. The van der Waals surface area contributed by atoms with Gasteiger partial charge in [-0.25, -0.2) is 4.79 Å². The van der Waals surface area contributed by atoms with E-state index in [1.807, 2.05) is 78.7 Å². The Kier molecular flexibility index (Phi) is 8.86. The molecule has 0 aliphatic carbocycles. The number of para-hydroxylation sites is 1. The van der Waals surface area contributed by atoms with Crippen molar-refractivity contribution in [1.82, 2.24) is 4.90 Å². The lowest BCUT2D eigenvalue weighted by molar-refractivity contribution is -0.141. The van der Waals surface area contributed by atoms with Crippen LogP contribution in [0.2, 0.25) is 0 Å². The first-order valence-electron chi connectivity index (χ1n) is 12.7. The molecular weight excluding hydrogens is 480 g/mol. The van der Waals surface area contributed by atoms with E-state index in [1.165, 1.54) is 0 Å². The second-order valence-corrected chi connectivity index (χ2v) is 9.40. The number of ether oxygens (including phenoxy) is 2. The highest BCUT2D eigenvalue weighted by molar-refractivity contribution is 5.99. The number of nitrogens with one attached hydrogen (secondary N) is 2. The minimum Gasteiger partial charge on any atom is -0.457 e. The van der Waals surface area contributed by atoms with Gasteiger partial charge < -0.3 is 29.9 Å². The fraction of sp³-hybridized carbons (Fsp3) is 0.333. The van der Waals surface area contributed by atoms with Gasteiger partial charge in [-0.3, -0.25) is 4.79 Å². The Bertz CT molecular complexity index is 1200. The zero-order chi connectivity index (χ0) is 25.6. The summed E-state index contributed by atoms with van der Waals surface area (Å²) in [5.74, 6) is 1.54. The average Bonchev–Trinajstić information content (AvgIpc) is 3.63. The Hall–Kier alpha value is -4.04. The summed E-state index contributed by atoms with van der Waals surface area (Å²) < 4.78 is 11.4. The Labute approximate surface area is 224 Å². The standard InChI is InChI=1S/C29H32N4O4.CH4/c1-32(28(34)27-8-5-19-36-27)24-17-18-33(20-24)23-13-9-21(10-14-23)30-29(35)31-22-11-15-26(16-12-22)37-25-6-3-2-4-7-25;/h2-4,6-7,9-16,24,27H,5,8,17-20H2,1H3,(H2,30,31,35);1H4. The normalized spacial score (nSPS) is 18.4. The van der Waals surface area contributed by atoms with Crippen molar-refractivity contribution in [3.8, 4) is 11.5 Å². The third kappa shape index (κ3) is 6.63. The summed E-state index contributed by atoms with van der Waals surface area (Å²) in [6, 6.07) is 24.4. The van der Waals surface area contributed by atoms with Gasteiger partial charge in [0.1, 0.15) is 17.6 Å². The van der Waals surface area contributed by atoms with E-state index >= 15 is 0 Å². The molecule has 5 rings (SSSR count). The minimum atomic E-state index is -0.319. The monoisotopic (exact) mass is 516 g/mol. The summed E-state index contributed by atoms with van der Waals surface area (Å²) in [6.45, 7) is 2.34. The van der Waals surface area contributed by atoms with Crippen LogP contribution in [0, 0.1) is 0 Å². The number of anilines is 3. The predicted octanol–water partition coefficient (Wildman–Crippen LogP) is 5.98. The molecule has 2 aliphatic rings. The quantitative estimate of drug-likeness (QED) is 0.404. The number of hydrogen-bond acceptors (Lipinski definition) is 5. The van der Waals surface area contributed by atoms with Gasteiger partial charge in [-0.05, 0) is 79.9 Å². The number of rotatable bonds is 7. The van der Waals surface area contributed by atoms with Crippen molar-refractivity contribution in [2.24, 2.45) is 0 Å². The molecule has 38 heavy (non-hydrogen) atoms. The number of hydrogen-bond donors (Lipinski definition) is 2. The van der Waals surface area contributed by atoms with Gasteiger partial charge in [-0.15, -0.1) is 0 Å². The summed E-state index contributed by atoms with van der Waals surface area (Å²) in [5.41, 5.74) is 2.44. The summed E-state index contributed by atoms with van der Waals surface area (Å²) in [7, 11) is 1.88. The van der Waals surface area contributed by atoms with Gasteiger partial charge in [-0.2, -0.15) is 0 Å². The molecule has 8 nitrogen and oxygen atoms in total. The summed E-state index contributed by atoms with van der Waals surface area (Å²) in [5, 5.41) is 5.71. The third-order valence-electron chi connectivity index (χ3n) is 6.85. The highest BCUT2D eigenvalue weighted by atomic mass is 16.5. The zero-order valence-corrected chi connectivity index (χ0v) is 20.9. The number of urea groups is 1. The molecule has 0 bridgehead atoms. The van der Waals surface area contributed by atoms with Gasteiger partial charge in [0.15, 0.2) is 0 Å². The van der Waals surface area contributed by atoms with Crippen LogP contribution in [-0.4, -0.2) is 55.7 Å². The first-order chi connectivity index (χ1) is 18.0. The smallest absolute Gasteiger partial charge is 0.323 e. The van der Waals surface area contributed by atoms with Crippen molar-refractivity contribution >= 4 is 29.0 Å². The largest absolute Gasteiger partial charge is 0.457 e. The Morgan fingerprint density at radius 3 is 2.16 bits per heavy atom. The van der Waals surface area contributed by atoms with Gasteiger partial charge in [0.2, 0.25) is 0 Å². The zero-order valence-electron chi connectivity index (χ0n) is 20.9. The first-order valence-corrected chi connectivity index (χ1v) is 12.7. The number of amides is 3. The van der Waals surface area contributed by atoms with E-state index in [9.17, 15) is 9.59 Å². The first kappa shape index (κ1) is 27.0. The molecule has 0 radical (unpaired) electrons. The van der Waals surface area contributed by atoms with Crippen LogP contribution in [0.25, 0.3) is 0 Å². The molecule has 2 N–H and O–H groups in total. The van der Waals surface area contributed by atoms with E-state index in [0.29, 0.717) is 23.7 Å². The highest BCUT2D eigenvalue weighted by Crippen LogP contribution is 2.26. The van der Waals surface area contributed by atoms with E-state index in [4.69, 9.17) is 9.47 Å². The van der Waals surface area contributed by atoms with Crippen LogP contribution in [-0.2, 0) is 9.53 Å². The summed E-state index contributed by atoms with van der Waals surface area (Å²) >= 11 is 0. The van der Waals surface area contributed by atoms with Gasteiger partial charge in [0, 0.05) is 43.8 Å². The molecule has 2 unspecified atom stereocenters. The fourth-order valence-electron chi connectivity index (χ4n) is 4.75. The van der Waals surface area contributed by atoms with Crippen molar-refractivity contribution in [2.75, 3.05) is 42.3 Å². The lowest BCUT2D eigenvalue weighted by Gasteiger charge is -2.27. The fourth-order valence-corrected chi connectivity index (χ4v) is 4.75. The molecule has 2 aliphatic heterocycles. The molecule has 0 spiro atoms. The van der Waals surface area contributed by atoms with Crippen LogP contribution >= 0.6 is 0 Å². The molecular formula is C30H36N4O4. The molecule has 3 aromatic carbocycles. The second-order valence-electron chi connectivity index (χ2n) is 9.40. The summed E-state index contributed by atoms with van der Waals surface area (Å²) in [4.78, 5) is 29.3. The number of carbonyl (C=O) groups is 2. The maximum atomic E-state index is 12.7. The number of likely N-dealkylation sites (N-methyl/N-ethyl adjacent to an activating group) is 1. The maximum absolute atomic E-state index is 12.7. The molecule has 200 valence electrons. The van der Waals surface area contributed by atoms with Crippen LogP contribution in [0.3, 0.4) is 0 Å². The van der Waals surface area contributed by atoms with Gasteiger partial charge in [-0.1, -0.05) is 25.6 Å². The molecule has 2 saturated heterocycles. The van der Waals surface area contributed by atoms with Crippen molar-refractivity contribution in [2.45, 2.75) is 38.8 Å². The second kappa shape index (κ2) is 12.5. The lowest BCUT2D eigenvalue weighted by Crippen LogP contribution is -2.44. The topological polar surface area (TPSA) is 83.1 Å². The van der Waals surface area contributed by atoms with Crippen molar-refractivity contribution in [1.29, 1.82) is 0 Å². The minimum absolute atomic E-state index is 0. The Morgan fingerprint density at radius 2 is 1.53 bits per heavy atom. The third-order valence-corrected chi connectivity index (χ3v) is 6.85. The Balaban J connectivity index is 0.00000336. The molecule has 2 heterocycles. The van der Waals surface area contributed by atoms with Gasteiger partial charge in [0.25, 0.3) is 5.91 Å². The Morgan fingerprint density at radius 1 is 0.895 bits per heavy atom. The number of benzene rings is 3. The SMILES string of the molecule is C.CN(C(=O)C1CCCO1)C1CCN(c2ccc(NC(=O)Nc3ccc(Oc4ccccc4)cc3)cc2)C1. The van der Waals surface area contributed by atoms with Crippen molar-refractivity contribution in [3.05, 3.63) is 78.9 Å². The van der Waals surface area contributed by atoms with E-state index < -0.39 is 0 Å². The van der Waals surface area contributed by atoms with E-state index in [-0.39, 0.29) is 31.5 Å². The molecule has 2 fully saturated rings. The van der Waals surface area contributed by atoms with Crippen molar-refractivity contribution < 1.29 is 19.1 Å². The predicted molar refractivity (Wildman–Crippen MR) is 151 cm³/mol. The number of carbonyl (C=O) groups excluding carboxylic acids is 2. The van der Waals surface area contributed by atoms with Crippen LogP contribution in [0.15, 0.2) is 78.9 Å². The molecule has 0 saturated carbocycles. The number of nitrogens with zero attached hydrogens (tertiary/aromatic N) is 2. The van der Waals surface area contributed by atoms with Crippen LogP contribution in [0.4, 0.5) is 21.9 Å². The molecule has 0 aromatic heterocycles. The molecule has 3 aromatic rings. The van der Waals surface area contributed by atoms with E-state index in [2.05, 4.69) is 15.5 Å². The lowest BCUT2D eigenvalue weighted by atomic mass is 10.1. The highest BCUT2D eigenvalue weighted by Gasteiger charge is 2.33. The van der Waals surface area contributed by atoms with Gasteiger partial charge >= 0.3 is 6.03 Å². The van der Waals surface area contributed by atoms with Crippen LogP contribution < -0.4 is 20.3 Å². The maximum Gasteiger partial charge on any atom is 0.323 e.